The van der Waals surface area contributed by atoms with Gasteiger partial charge in [-0.1, -0.05) is 30.3 Å². The number of likely N-dealkylation sites (tertiary alicyclic amines) is 1. The van der Waals surface area contributed by atoms with Crippen molar-refractivity contribution in [3.05, 3.63) is 65.6 Å². The van der Waals surface area contributed by atoms with Crippen molar-refractivity contribution in [2.24, 2.45) is 13.0 Å². The van der Waals surface area contributed by atoms with E-state index in [0.717, 1.165) is 61.9 Å². The maximum atomic E-state index is 13.1. The highest BCUT2D eigenvalue weighted by Crippen LogP contribution is 2.23. The molecule has 0 spiro atoms. The Morgan fingerprint density at radius 3 is 2.62 bits per heavy atom. The summed E-state index contributed by atoms with van der Waals surface area (Å²) in [5.74, 6) is 0.460. The Morgan fingerprint density at radius 1 is 1.14 bits per heavy atom. The van der Waals surface area contributed by atoms with E-state index in [2.05, 4.69) is 10.4 Å². The van der Waals surface area contributed by atoms with Crippen molar-refractivity contribution >= 4 is 16.8 Å². The molecular weight excluding hydrogens is 367 g/mol. The van der Waals surface area contributed by atoms with Crippen LogP contribution < -0.4 is 5.32 Å². The lowest BCUT2D eigenvalue weighted by Gasteiger charge is -2.32. The molecule has 5 nitrogen and oxygen atoms in total. The Balaban J connectivity index is 1.25. The third kappa shape index (κ3) is 4.48. The summed E-state index contributed by atoms with van der Waals surface area (Å²) in [6.07, 6.45) is 2.90. The van der Waals surface area contributed by atoms with Gasteiger partial charge in [0.25, 0.3) is 5.91 Å². The number of hydrogen-bond acceptors (Lipinski definition) is 3. The van der Waals surface area contributed by atoms with E-state index in [-0.39, 0.29) is 11.7 Å². The van der Waals surface area contributed by atoms with E-state index in [1.807, 2.05) is 48.3 Å². The molecule has 3 aromatic rings. The lowest BCUT2D eigenvalue weighted by Crippen LogP contribution is -2.41. The molecule has 1 amide bonds. The van der Waals surface area contributed by atoms with Gasteiger partial charge < -0.3 is 10.2 Å². The minimum atomic E-state index is -0.192. The Bertz CT molecular complexity index is 974. The average molecular weight is 394 g/mol. The van der Waals surface area contributed by atoms with Crippen LogP contribution in [0.5, 0.6) is 0 Å². The van der Waals surface area contributed by atoms with Gasteiger partial charge in [0, 0.05) is 25.5 Å². The zero-order valence-electron chi connectivity index (χ0n) is 16.8. The normalized spacial score (nSPS) is 15.2. The van der Waals surface area contributed by atoms with E-state index < -0.39 is 0 Å². The van der Waals surface area contributed by atoms with Crippen LogP contribution in [0.4, 0.5) is 4.39 Å². The van der Waals surface area contributed by atoms with Crippen LogP contribution in [0.25, 0.3) is 10.9 Å². The molecule has 0 aliphatic carbocycles. The van der Waals surface area contributed by atoms with Crippen LogP contribution in [-0.2, 0) is 13.5 Å². The Hall–Kier alpha value is -2.73. The molecule has 0 bridgehead atoms. The predicted octanol–water partition coefficient (Wildman–Crippen LogP) is 3.40. The maximum Gasteiger partial charge on any atom is 0.272 e. The monoisotopic (exact) mass is 394 g/mol. The topological polar surface area (TPSA) is 50.2 Å². The van der Waals surface area contributed by atoms with Gasteiger partial charge in [-0.2, -0.15) is 5.10 Å². The van der Waals surface area contributed by atoms with Crippen molar-refractivity contribution in [1.29, 1.82) is 0 Å². The van der Waals surface area contributed by atoms with E-state index >= 15 is 0 Å². The summed E-state index contributed by atoms with van der Waals surface area (Å²) in [4.78, 5) is 15.0. The zero-order chi connectivity index (χ0) is 20.2. The number of carbonyl (C=O) groups excluding carboxylic acids is 1. The van der Waals surface area contributed by atoms with Gasteiger partial charge in [-0.05, 0) is 62.0 Å². The first-order chi connectivity index (χ1) is 14.1. The number of hydrogen-bond donors (Lipinski definition) is 1. The molecule has 0 radical (unpaired) electrons. The molecule has 29 heavy (non-hydrogen) atoms. The molecule has 1 aliphatic rings. The van der Waals surface area contributed by atoms with Crippen LogP contribution in [0.15, 0.2) is 48.5 Å². The van der Waals surface area contributed by atoms with Gasteiger partial charge >= 0.3 is 0 Å². The van der Waals surface area contributed by atoms with Gasteiger partial charge in [-0.3, -0.25) is 9.48 Å². The molecule has 1 aromatic heterocycles. The van der Waals surface area contributed by atoms with Crippen molar-refractivity contribution in [3.8, 4) is 0 Å². The largest absolute Gasteiger partial charge is 0.337 e. The highest BCUT2D eigenvalue weighted by Gasteiger charge is 2.26. The first kappa shape index (κ1) is 19.6. The smallest absolute Gasteiger partial charge is 0.272 e. The summed E-state index contributed by atoms with van der Waals surface area (Å²) in [5, 5.41) is 8.89. The minimum Gasteiger partial charge on any atom is -0.337 e. The lowest BCUT2D eigenvalue weighted by atomic mass is 9.96. The fourth-order valence-corrected chi connectivity index (χ4v) is 4.08. The number of nitrogens with one attached hydrogen (secondary N) is 1. The number of fused-ring (bicyclic) bond motifs is 1. The summed E-state index contributed by atoms with van der Waals surface area (Å²) in [7, 11) is 1.84. The van der Waals surface area contributed by atoms with Gasteiger partial charge in [0.05, 0.1) is 5.52 Å². The van der Waals surface area contributed by atoms with Crippen molar-refractivity contribution in [1.82, 2.24) is 20.0 Å². The van der Waals surface area contributed by atoms with Crippen LogP contribution >= 0.6 is 0 Å². The van der Waals surface area contributed by atoms with Crippen molar-refractivity contribution in [2.45, 2.75) is 19.3 Å². The summed E-state index contributed by atoms with van der Waals surface area (Å²) < 4.78 is 14.7. The maximum absolute atomic E-state index is 13.1. The number of rotatable bonds is 6. The fraction of sp³-hybridized carbons (Fsp3) is 0.391. The molecule has 152 valence electrons. The average Bonchev–Trinajstić information content (AvgIpc) is 3.08. The zero-order valence-corrected chi connectivity index (χ0v) is 16.8. The SMILES string of the molecule is Cn1nc2ccccc2c1C(=O)N1CCC(CNCCc2ccc(F)cc2)CC1. The number of aromatic nitrogens is 2. The number of amides is 1. The molecule has 1 N–H and O–H groups in total. The third-order valence-electron chi connectivity index (χ3n) is 5.78. The molecule has 2 aromatic carbocycles. The van der Waals surface area contributed by atoms with Gasteiger partial charge in [0.2, 0.25) is 0 Å². The Kier molecular flexibility index (Phi) is 5.90. The van der Waals surface area contributed by atoms with Crippen LogP contribution in [-0.4, -0.2) is 46.8 Å². The standard InChI is InChI=1S/C23H27FN4O/c1-27-22(20-4-2-3-5-21(20)26-27)23(29)28-14-11-18(12-15-28)16-25-13-10-17-6-8-19(24)9-7-17/h2-9,18,25H,10-16H2,1H3. The molecule has 1 aliphatic heterocycles. The number of nitrogens with zero attached hydrogens (tertiary/aromatic N) is 3. The molecule has 1 saturated heterocycles. The Morgan fingerprint density at radius 2 is 1.86 bits per heavy atom. The van der Waals surface area contributed by atoms with Gasteiger partial charge in [-0.25, -0.2) is 4.39 Å². The molecule has 0 saturated carbocycles. The van der Waals surface area contributed by atoms with Gasteiger partial charge in [0.1, 0.15) is 11.5 Å². The first-order valence-corrected chi connectivity index (χ1v) is 10.3. The first-order valence-electron chi connectivity index (χ1n) is 10.3. The summed E-state index contributed by atoms with van der Waals surface area (Å²) in [5.41, 5.74) is 2.68. The molecular formula is C23H27FN4O. The third-order valence-corrected chi connectivity index (χ3v) is 5.78. The van der Waals surface area contributed by atoms with E-state index in [0.29, 0.717) is 11.6 Å². The van der Waals surface area contributed by atoms with Crippen molar-refractivity contribution in [2.75, 3.05) is 26.2 Å². The van der Waals surface area contributed by atoms with E-state index in [9.17, 15) is 9.18 Å². The molecule has 6 heteroatoms. The van der Waals surface area contributed by atoms with Gasteiger partial charge in [0.15, 0.2) is 0 Å². The fourth-order valence-electron chi connectivity index (χ4n) is 4.08. The second-order valence-corrected chi connectivity index (χ2v) is 7.81. The van der Waals surface area contributed by atoms with Gasteiger partial charge in [-0.15, -0.1) is 0 Å². The van der Waals surface area contributed by atoms with E-state index in [1.165, 1.54) is 12.1 Å². The predicted molar refractivity (Wildman–Crippen MR) is 112 cm³/mol. The molecule has 1 fully saturated rings. The quantitative estimate of drug-likeness (QED) is 0.652. The van der Waals surface area contributed by atoms with Crippen molar-refractivity contribution in [3.63, 3.8) is 0 Å². The second kappa shape index (κ2) is 8.74. The number of aryl methyl sites for hydroxylation is 1. The minimum absolute atomic E-state index is 0.0731. The van der Waals surface area contributed by atoms with Crippen molar-refractivity contribution < 1.29 is 9.18 Å². The number of benzene rings is 2. The summed E-state index contributed by atoms with van der Waals surface area (Å²) in [6, 6.07) is 14.5. The molecule has 0 atom stereocenters. The number of carbonyl (C=O) groups is 1. The molecule has 4 rings (SSSR count). The molecule has 0 unspecified atom stereocenters. The second-order valence-electron chi connectivity index (χ2n) is 7.81. The highest BCUT2D eigenvalue weighted by molar-refractivity contribution is 6.05. The number of halogens is 1. The van der Waals surface area contributed by atoms with Crippen LogP contribution in [0.2, 0.25) is 0 Å². The summed E-state index contributed by atoms with van der Waals surface area (Å²) >= 11 is 0. The summed E-state index contributed by atoms with van der Waals surface area (Å²) in [6.45, 7) is 3.40. The van der Waals surface area contributed by atoms with E-state index in [1.54, 1.807) is 4.68 Å². The van der Waals surface area contributed by atoms with Crippen LogP contribution in [0.3, 0.4) is 0 Å². The number of piperidine rings is 1. The lowest BCUT2D eigenvalue weighted by molar-refractivity contribution is 0.0681. The Labute approximate surface area is 170 Å². The highest BCUT2D eigenvalue weighted by atomic mass is 19.1. The van der Waals surface area contributed by atoms with Crippen LogP contribution in [0, 0.1) is 11.7 Å². The van der Waals surface area contributed by atoms with Crippen LogP contribution in [0.1, 0.15) is 28.9 Å². The van der Waals surface area contributed by atoms with E-state index in [4.69, 9.17) is 0 Å². The molecule has 2 heterocycles.